The molecule has 2 atom stereocenters. The first-order chi connectivity index (χ1) is 18.6. The molecule has 1 unspecified atom stereocenters. The van der Waals surface area contributed by atoms with Gasteiger partial charge in [0.1, 0.15) is 11.6 Å². The predicted molar refractivity (Wildman–Crippen MR) is 149 cm³/mol. The number of piperidine rings is 1. The van der Waals surface area contributed by atoms with E-state index in [9.17, 15) is 14.4 Å². The van der Waals surface area contributed by atoms with Crippen LogP contribution in [0.25, 0.3) is 0 Å². The highest BCUT2D eigenvalue weighted by molar-refractivity contribution is 6.00. The fourth-order valence-electron chi connectivity index (χ4n) is 6.24. The van der Waals surface area contributed by atoms with Crippen molar-refractivity contribution in [2.45, 2.75) is 84.3 Å². The van der Waals surface area contributed by atoms with Gasteiger partial charge in [-0.2, -0.15) is 5.10 Å². The molecule has 0 bridgehead atoms. The molecule has 2 aliphatic rings. The van der Waals surface area contributed by atoms with Crippen molar-refractivity contribution in [3.63, 3.8) is 0 Å². The highest BCUT2D eigenvalue weighted by atomic mass is 16.5. The third-order valence-corrected chi connectivity index (χ3v) is 8.35. The van der Waals surface area contributed by atoms with E-state index < -0.39 is 11.6 Å². The first-order valence-electron chi connectivity index (χ1n) is 14.2. The van der Waals surface area contributed by atoms with Crippen molar-refractivity contribution in [1.82, 2.24) is 25.3 Å². The lowest BCUT2D eigenvalue weighted by atomic mass is 9.79. The number of esters is 1. The van der Waals surface area contributed by atoms with Crippen molar-refractivity contribution >= 4 is 17.8 Å². The van der Waals surface area contributed by atoms with Gasteiger partial charge < -0.3 is 15.0 Å². The Morgan fingerprint density at radius 1 is 1.15 bits per heavy atom. The van der Waals surface area contributed by atoms with Gasteiger partial charge in [0.15, 0.2) is 0 Å². The number of amides is 2. The minimum absolute atomic E-state index is 0.0156. The van der Waals surface area contributed by atoms with Gasteiger partial charge in [-0.3, -0.25) is 19.6 Å². The average Bonchev–Trinajstić information content (AvgIpc) is 3.25. The van der Waals surface area contributed by atoms with Gasteiger partial charge in [0.25, 0.3) is 0 Å². The first kappa shape index (κ1) is 28.8. The van der Waals surface area contributed by atoms with E-state index in [0.717, 1.165) is 35.4 Å². The highest BCUT2D eigenvalue weighted by Gasteiger charge is 2.54. The van der Waals surface area contributed by atoms with Gasteiger partial charge >= 0.3 is 5.97 Å². The predicted octanol–water partition coefficient (Wildman–Crippen LogP) is 3.91. The molecule has 3 heterocycles. The number of hydrogen-bond acceptors (Lipinski definition) is 6. The van der Waals surface area contributed by atoms with Gasteiger partial charge in [0.2, 0.25) is 11.8 Å². The number of rotatable bonds is 9. The number of ether oxygens (including phenoxy) is 1. The van der Waals surface area contributed by atoms with Crippen LogP contribution in [-0.4, -0.2) is 76.1 Å². The zero-order valence-corrected chi connectivity index (χ0v) is 24.2. The summed E-state index contributed by atoms with van der Waals surface area (Å²) in [6.07, 6.45) is 3.62. The minimum atomic E-state index is -0.823. The number of nitrogens with zero attached hydrogens (tertiary/aromatic N) is 3. The maximum atomic E-state index is 13.7. The third kappa shape index (κ3) is 5.60. The van der Waals surface area contributed by atoms with Gasteiger partial charge in [0.05, 0.1) is 24.4 Å². The van der Waals surface area contributed by atoms with E-state index in [1.807, 2.05) is 30.9 Å². The quantitative estimate of drug-likeness (QED) is 0.470. The number of aromatic amines is 1. The Morgan fingerprint density at radius 3 is 2.36 bits per heavy atom. The smallest absolute Gasteiger partial charge is 0.337 e. The Morgan fingerprint density at radius 2 is 1.82 bits per heavy atom. The lowest BCUT2D eigenvalue weighted by Crippen LogP contribution is -2.73. The van der Waals surface area contributed by atoms with Crippen LogP contribution in [0.1, 0.15) is 91.8 Å². The van der Waals surface area contributed by atoms with E-state index in [2.05, 4.69) is 41.2 Å². The second-order valence-corrected chi connectivity index (χ2v) is 11.4. The summed E-state index contributed by atoms with van der Waals surface area (Å²) in [6, 6.07) is 6.96. The molecule has 1 aromatic heterocycles. The molecule has 212 valence electrons. The van der Waals surface area contributed by atoms with Crippen LogP contribution in [0, 0.1) is 19.8 Å². The number of aromatic nitrogens is 2. The van der Waals surface area contributed by atoms with Gasteiger partial charge in [0, 0.05) is 30.9 Å². The molecule has 0 aliphatic carbocycles. The van der Waals surface area contributed by atoms with Crippen molar-refractivity contribution < 1.29 is 19.1 Å². The molecule has 9 nitrogen and oxygen atoms in total. The van der Waals surface area contributed by atoms with Crippen molar-refractivity contribution in [1.29, 1.82) is 0 Å². The Balaban J connectivity index is 1.64. The van der Waals surface area contributed by atoms with Crippen LogP contribution in [0.2, 0.25) is 0 Å². The molecule has 2 fully saturated rings. The second kappa shape index (κ2) is 11.9. The Labute approximate surface area is 231 Å². The molecule has 39 heavy (non-hydrogen) atoms. The number of H-pyrrole nitrogens is 1. The summed E-state index contributed by atoms with van der Waals surface area (Å²) < 4.78 is 4.88. The number of aryl methyl sites for hydroxylation is 2. The Hall–Kier alpha value is -3.20. The molecule has 0 radical (unpaired) electrons. The number of hydrogen-bond donors (Lipinski definition) is 2. The summed E-state index contributed by atoms with van der Waals surface area (Å²) in [4.78, 5) is 43.7. The number of nitrogens with one attached hydrogen (secondary N) is 2. The lowest BCUT2D eigenvalue weighted by molar-refractivity contribution is -0.162. The summed E-state index contributed by atoms with van der Waals surface area (Å²) in [5.74, 6) is -0.0135. The van der Waals surface area contributed by atoms with Crippen LogP contribution in [0.3, 0.4) is 0 Å². The standard InChI is InChI=1S/C30H43N5O4/c1-7-8-15-35-27(36)24(18-19(2)3)31-29(38)30(35)13-16-34(17-14-30)26(25-20(4)32-33-21(25)5)22-9-11-23(12-10-22)28(37)39-6/h9-12,19,24,26H,7-8,13-18H2,1-6H3,(H,31,38)(H,32,33)/t24-,26?/m0/s1. The van der Waals surface area contributed by atoms with Gasteiger partial charge in [-0.05, 0) is 63.1 Å². The summed E-state index contributed by atoms with van der Waals surface area (Å²) in [7, 11) is 1.38. The fourth-order valence-corrected chi connectivity index (χ4v) is 6.24. The number of likely N-dealkylation sites (tertiary alicyclic amines) is 1. The van der Waals surface area contributed by atoms with Crippen molar-refractivity contribution in [3.8, 4) is 0 Å². The summed E-state index contributed by atoms with van der Waals surface area (Å²) in [5.41, 5.74) is 3.72. The zero-order valence-electron chi connectivity index (χ0n) is 24.2. The van der Waals surface area contributed by atoms with Crippen LogP contribution in [-0.2, 0) is 14.3 Å². The van der Waals surface area contributed by atoms with E-state index in [-0.39, 0.29) is 23.8 Å². The van der Waals surface area contributed by atoms with Crippen LogP contribution >= 0.6 is 0 Å². The van der Waals surface area contributed by atoms with E-state index >= 15 is 0 Å². The van der Waals surface area contributed by atoms with Gasteiger partial charge in [-0.1, -0.05) is 39.3 Å². The fraction of sp³-hybridized carbons (Fsp3) is 0.600. The summed E-state index contributed by atoms with van der Waals surface area (Å²) >= 11 is 0. The summed E-state index contributed by atoms with van der Waals surface area (Å²) in [6.45, 7) is 12.2. The van der Waals surface area contributed by atoms with Crippen molar-refractivity contribution in [3.05, 3.63) is 52.3 Å². The number of benzene rings is 1. The molecule has 0 saturated carbocycles. The van der Waals surface area contributed by atoms with Gasteiger partial charge in [-0.25, -0.2) is 4.79 Å². The highest BCUT2D eigenvalue weighted by Crippen LogP contribution is 2.40. The van der Waals surface area contributed by atoms with E-state index in [4.69, 9.17) is 4.74 Å². The minimum Gasteiger partial charge on any atom is -0.465 e. The molecule has 2 aliphatic heterocycles. The number of piperazine rings is 1. The largest absolute Gasteiger partial charge is 0.465 e. The molecular weight excluding hydrogens is 494 g/mol. The van der Waals surface area contributed by atoms with Crippen LogP contribution < -0.4 is 5.32 Å². The molecule has 9 heteroatoms. The topological polar surface area (TPSA) is 108 Å². The molecule has 2 amide bonds. The second-order valence-electron chi connectivity index (χ2n) is 11.4. The molecule has 2 saturated heterocycles. The van der Waals surface area contributed by atoms with Crippen LogP contribution in [0.5, 0.6) is 0 Å². The van der Waals surface area contributed by atoms with Crippen molar-refractivity contribution in [2.24, 2.45) is 5.92 Å². The molecule has 1 aromatic carbocycles. The average molecular weight is 538 g/mol. The Bertz CT molecular complexity index is 1160. The number of unbranched alkanes of at least 4 members (excludes halogenated alkanes) is 1. The third-order valence-electron chi connectivity index (χ3n) is 8.35. The lowest BCUT2D eigenvalue weighted by Gasteiger charge is -2.52. The molecule has 2 N–H and O–H groups in total. The first-order valence-corrected chi connectivity index (χ1v) is 14.2. The maximum Gasteiger partial charge on any atom is 0.337 e. The number of carbonyl (C=O) groups is 3. The molecule has 2 aromatic rings. The van der Waals surface area contributed by atoms with Crippen LogP contribution in [0.15, 0.2) is 24.3 Å². The SMILES string of the molecule is CCCCN1C(=O)[C@H](CC(C)C)NC(=O)C12CCN(C(c1ccc(C(=O)OC)cc1)c1c(C)n[nH]c1C)CC2. The molecule has 1 spiro atoms. The van der Waals surface area contributed by atoms with E-state index in [1.54, 1.807) is 12.1 Å². The van der Waals surface area contributed by atoms with Gasteiger partial charge in [-0.15, -0.1) is 0 Å². The summed E-state index contributed by atoms with van der Waals surface area (Å²) in [5, 5.41) is 10.7. The maximum absolute atomic E-state index is 13.7. The van der Waals surface area contributed by atoms with E-state index in [1.165, 1.54) is 7.11 Å². The normalized spacial score (nSPS) is 20.4. The number of methoxy groups -OCH3 is 1. The Kier molecular flexibility index (Phi) is 8.79. The monoisotopic (exact) mass is 537 g/mol. The van der Waals surface area contributed by atoms with Crippen LogP contribution in [0.4, 0.5) is 0 Å². The van der Waals surface area contributed by atoms with E-state index in [0.29, 0.717) is 50.4 Å². The molecule has 4 rings (SSSR count). The zero-order chi connectivity index (χ0) is 28.3. The van der Waals surface area contributed by atoms with Crippen molar-refractivity contribution in [2.75, 3.05) is 26.7 Å². The number of carbonyl (C=O) groups excluding carboxylic acids is 3. The molecular formula is C30H43N5O4.